The zero-order chi connectivity index (χ0) is 14.6. The molecule has 3 heteroatoms. The zero-order valence-electron chi connectivity index (χ0n) is 13.3. The summed E-state index contributed by atoms with van der Waals surface area (Å²) in [5, 5.41) is 0. The van der Waals surface area contributed by atoms with Crippen LogP contribution in [-0.2, 0) is 14.3 Å². The summed E-state index contributed by atoms with van der Waals surface area (Å²) in [5.41, 5.74) is -1.18. The van der Waals surface area contributed by atoms with Crippen molar-refractivity contribution in [3.8, 4) is 0 Å². The Labute approximate surface area is 112 Å². The molecule has 0 rings (SSSR count). The standard InChI is InChI=1S/C15H30O3/c1-9-11-12(16)18-14(5,6)15(7,10-2)13(3,4)17-8/h9-11H2,1-8H3. The van der Waals surface area contributed by atoms with Crippen LogP contribution in [-0.4, -0.2) is 24.3 Å². The molecule has 0 fully saturated rings. The van der Waals surface area contributed by atoms with Gasteiger partial charge in [-0.2, -0.15) is 0 Å². The number of ether oxygens (including phenoxy) is 2. The van der Waals surface area contributed by atoms with Crippen molar-refractivity contribution in [2.45, 2.75) is 78.9 Å². The molecule has 3 nitrogen and oxygen atoms in total. The molecule has 0 saturated carbocycles. The number of methoxy groups -OCH3 is 1. The fraction of sp³-hybridized carbons (Fsp3) is 0.933. The van der Waals surface area contributed by atoms with Gasteiger partial charge < -0.3 is 9.47 Å². The van der Waals surface area contributed by atoms with Crippen molar-refractivity contribution < 1.29 is 14.3 Å². The van der Waals surface area contributed by atoms with Crippen molar-refractivity contribution in [3.63, 3.8) is 0 Å². The van der Waals surface area contributed by atoms with E-state index in [1.165, 1.54) is 0 Å². The molecular weight excluding hydrogens is 228 g/mol. The molecule has 0 spiro atoms. The second-order valence-electron chi connectivity index (χ2n) is 6.13. The van der Waals surface area contributed by atoms with Crippen molar-refractivity contribution in [1.82, 2.24) is 0 Å². The van der Waals surface area contributed by atoms with Crippen molar-refractivity contribution in [2.75, 3.05) is 7.11 Å². The first kappa shape index (κ1) is 17.4. The van der Waals surface area contributed by atoms with E-state index in [4.69, 9.17) is 9.47 Å². The maximum Gasteiger partial charge on any atom is 0.306 e. The molecular formula is C15H30O3. The van der Waals surface area contributed by atoms with Crippen molar-refractivity contribution >= 4 is 5.97 Å². The van der Waals surface area contributed by atoms with Crippen molar-refractivity contribution in [3.05, 3.63) is 0 Å². The van der Waals surface area contributed by atoms with Gasteiger partial charge in [-0.25, -0.2) is 0 Å². The van der Waals surface area contributed by atoms with Gasteiger partial charge in [0.2, 0.25) is 0 Å². The van der Waals surface area contributed by atoms with Crippen molar-refractivity contribution in [1.29, 1.82) is 0 Å². The second-order valence-corrected chi connectivity index (χ2v) is 6.13. The smallest absolute Gasteiger partial charge is 0.306 e. The summed E-state index contributed by atoms with van der Waals surface area (Å²) in [5.74, 6) is -0.130. The van der Waals surface area contributed by atoms with Gasteiger partial charge in [-0.1, -0.05) is 20.8 Å². The maximum absolute atomic E-state index is 11.8. The molecule has 18 heavy (non-hydrogen) atoms. The first-order chi connectivity index (χ1) is 8.08. The quantitative estimate of drug-likeness (QED) is 0.649. The van der Waals surface area contributed by atoms with Gasteiger partial charge in [0.25, 0.3) is 0 Å². The monoisotopic (exact) mass is 258 g/mol. The predicted molar refractivity (Wildman–Crippen MR) is 74.6 cm³/mol. The van der Waals surface area contributed by atoms with E-state index in [0.717, 1.165) is 12.8 Å². The fourth-order valence-electron chi connectivity index (χ4n) is 2.45. The van der Waals surface area contributed by atoms with Crippen LogP contribution in [0.4, 0.5) is 0 Å². The molecule has 0 aliphatic carbocycles. The van der Waals surface area contributed by atoms with Crippen LogP contribution < -0.4 is 0 Å². The molecule has 0 radical (unpaired) electrons. The summed E-state index contributed by atoms with van der Waals surface area (Å²) < 4.78 is 11.3. The Morgan fingerprint density at radius 2 is 1.50 bits per heavy atom. The molecule has 0 aromatic carbocycles. The third-order valence-corrected chi connectivity index (χ3v) is 4.70. The van der Waals surface area contributed by atoms with E-state index in [9.17, 15) is 4.79 Å². The van der Waals surface area contributed by atoms with Crippen LogP contribution in [0.25, 0.3) is 0 Å². The van der Waals surface area contributed by atoms with Crippen molar-refractivity contribution in [2.24, 2.45) is 5.41 Å². The Kier molecular flexibility index (Phi) is 5.86. The van der Waals surface area contributed by atoms with Gasteiger partial charge in [0.05, 0.1) is 5.60 Å². The molecule has 0 aliphatic rings. The zero-order valence-corrected chi connectivity index (χ0v) is 13.3. The largest absolute Gasteiger partial charge is 0.459 e. The van der Waals surface area contributed by atoms with Crippen LogP contribution >= 0.6 is 0 Å². The van der Waals surface area contributed by atoms with E-state index in [-0.39, 0.29) is 17.0 Å². The van der Waals surface area contributed by atoms with Crippen LogP contribution in [0.5, 0.6) is 0 Å². The molecule has 0 aromatic heterocycles. The summed E-state index contributed by atoms with van der Waals surface area (Å²) in [6, 6.07) is 0. The number of rotatable bonds is 7. The summed E-state index contributed by atoms with van der Waals surface area (Å²) in [7, 11) is 1.71. The van der Waals surface area contributed by atoms with Gasteiger partial charge in [-0.05, 0) is 40.5 Å². The number of carbonyl (C=O) groups is 1. The minimum absolute atomic E-state index is 0.130. The van der Waals surface area contributed by atoms with E-state index in [2.05, 4.69) is 13.8 Å². The SMILES string of the molecule is CCCC(=O)OC(C)(C)C(C)(CC)C(C)(C)OC. The van der Waals surface area contributed by atoms with E-state index in [1.54, 1.807) is 7.11 Å². The molecule has 0 aliphatic heterocycles. The molecule has 1 atom stereocenters. The topological polar surface area (TPSA) is 35.5 Å². The van der Waals surface area contributed by atoms with E-state index in [1.807, 2.05) is 34.6 Å². The lowest BCUT2D eigenvalue weighted by atomic mass is 9.63. The summed E-state index contributed by atoms with van der Waals surface area (Å²) in [6.07, 6.45) is 2.16. The Morgan fingerprint density at radius 3 is 1.83 bits per heavy atom. The highest BCUT2D eigenvalue weighted by Gasteiger charge is 2.53. The van der Waals surface area contributed by atoms with Crippen LogP contribution in [0.2, 0.25) is 0 Å². The van der Waals surface area contributed by atoms with Gasteiger partial charge >= 0.3 is 5.97 Å². The minimum Gasteiger partial charge on any atom is -0.459 e. The minimum atomic E-state index is -0.562. The second kappa shape index (κ2) is 6.05. The average molecular weight is 258 g/mol. The Bertz CT molecular complexity index is 281. The van der Waals surface area contributed by atoms with E-state index in [0.29, 0.717) is 6.42 Å². The molecule has 108 valence electrons. The molecule has 0 bridgehead atoms. The summed E-state index contributed by atoms with van der Waals surface area (Å²) in [6.45, 7) is 14.3. The van der Waals surface area contributed by atoms with E-state index < -0.39 is 5.60 Å². The number of carbonyl (C=O) groups excluding carboxylic acids is 1. The average Bonchev–Trinajstić information content (AvgIpc) is 2.26. The fourth-order valence-corrected chi connectivity index (χ4v) is 2.45. The van der Waals surface area contributed by atoms with Gasteiger partial charge in [0.1, 0.15) is 5.60 Å². The third kappa shape index (κ3) is 3.25. The van der Waals surface area contributed by atoms with Crippen LogP contribution in [0.1, 0.15) is 67.7 Å². The lowest BCUT2D eigenvalue weighted by Crippen LogP contribution is -2.57. The number of hydrogen-bond acceptors (Lipinski definition) is 3. The lowest BCUT2D eigenvalue weighted by molar-refractivity contribution is -0.203. The normalized spacial score (nSPS) is 16.2. The number of esters is 1. The number of hydrogen-bond donors (Lipinski definition) is 0. The summed E-state index contributed by atoms with van der Waals surface area (Å²) >= 11 is 0. The maximum atomic E-state index is 11.8. The molecule has 0 N–H and O–H groups in total. The Balaban J connectivity index is 5.19. The Hall–Kier alpha value is -0.570. The van der Waals surface area contributed by atoms with Crippen LogP contribution in [0, 0.1) is 5.41 Å². The van der Waals surface area contributed by atoms with Gasteiger partial charge in [-0.15, -0.1) is 0 Å². The highest BCUT2D eigenvalue weighted by Crippen LogP contribution is 2.47. The summed E-state index contributed by atoms with van der Waals surface area (Å²) in [4.78, 5) is 11.8. The van der Waals surface area contributed by atoms with Gasteiger partial charge in [0.15, 0.2) is 0 Å². The molecule has 0 saturated heterocycles. The van der Waals surface area contributed by atoms with Gasteiger partial charge in [-0.3, -0.25) is 4.79 Å². The third-order valence-electron chi connectivity index (χ3n) is 4.70. The molecule has 0 amide bonds. The van der Waals surface area contributed by atoms with E-state index >= 15 is 0 Å². The highest BCUT2D eigenvalue weighted by atomic mass is 16.6. The first-order valence-corrected chi connectivity index (χ1v) is 6.85. The first-order valence-electron chi connectivity index (χ1n) is 6.85. The molecule has 0 aromatic rings. The van der Waals surface area contributed by atoms with Crippen LogP contribution in [0.3, 0.4) is 0 Å². The predicted octanol–water partition coefficient (Wildman–Crippen LogP) is 3.95. The Morgan fingerprint density at radius 1 is 1.00 bits per heavy atom. The highest BCUT2D eigenvalue weighted by molar-refractivity contribution is 5.69. The molecule has 0 heterocycles. The van der Waals surface area contributed by atoms with Gasteiger partial charge in [0, 0.05) is 18.9 Å². The molecule has 1 unspecified atom stereocenters. The van der Waals surface area contributed by atoms with Crippen LogP contribution in [0.15, 0.2) is 0 Å². The lowest BCUT2D eigenvalue weighted by Gasteiger charge is -2.51.